The number of anilines is 1. The summed E-state index contributed by atoms with van der Waals surface area (Å²) in [5, 5.41) is 12.6. The standard InChI is InChI=1S/C18H24N4O4/c1-24-11-14-9-13(21-22-14)10-19-18(23)20-16-6-2-3-7-17(16)26-12-15-5-4-8-25-15/h2-3,6-7,9,15H,4-5,8,10-12H2,1H3,(H,21,22)(H2,19,20,23)/t15-/m0/s1. The Labute approximate surface area is 152 Å². The first kappa shape index (κ1) is 18.2. The lowest BCUT2D eigenvalue weighted by atomic mass is 10.2. The summed E-state index contributed by atoms with van der Waals surface area (Å²) in [5.41, 5.74) is 2.21. The molecule has 26 heavy (non-hydrogen) atoms. The molecule has 1 fully saturated rings. The van der Waals surface area contributed by atoms with Gasteiger partial charge in [-0.1, -0.05) is 12.1 Å². The molecule has 1 atom stereocenters. The summed E-state index contributed by atoms with van der Waals surface area (Å²) in [6, 6.07) is 8.88. The van der Waals surface area contributed by atoms with Gasteiger partial charge in [-0.15, -0.1) is 0 Å². The fraction of sp³-hybridized carbons (Fsp3) is 0.444. The maximum Gasteiger partial charge on any atom is 0.319 e. The number of hydrogen-bond donors (Lipinski definition) is 3. The zero-order valence-corrected chi connectivity index (χ0v) is 14.8. The second kappa shape index (κ2) is 9.21. The molecule has 2 aromatic rings. The highest BCUT2D eigenvalue weighted by atomic mass is 16.5. The molecule has 140 valence electrons. The topological polar surface area (TPSA) is 97.5 Å². The van der Waals surface area contributed by atoms with Gasteiger partial charge in [0.15, 0.2) is 0 Å². The molecule has 8 heteroatoms. The van der Waals surface area contributed by atoms with Crippen molar-refractivity contribution in [3.05, 3.63) is 41.7 Å². The SMILES string of the molecule is COCc1cc(CNC(=O)Nc2ccccc2OC[C@@H]2CCCO2)[nH]n1. The number of rotatable bonds is 8. The van der Waals surface area contributed by atoms with Crippen molar-refractivity contribution >= 4 is 11.7 Å². The van der Waals surface area contributed by atoms with Gasteiger partial charge in [0.05, 0.1) is 36.3 Å². The van der Waals surface area contributed by atoms with E-state index in [4.69, 9.17) is 14.2 Å². The molecular weight excluding hydrogens is 336 g/mol. The monoisotopic (exact) mass is 360 g/mol. The van der Waals surface area contributed by atoms with Crippen molar-refractivity contribution in [3.8, 4) is 5.75 Å². The average Bonchev–Trinajstić information content (AvgIpc) is 3.31. The molecule has 1 saturated heterocycles. The lowest BCUT2D eigenvalue weighted by Gasteiger charge is -2.15. The van der Waals surface area contributed by atoms with Gasteiger partial charge < -0.3 is 24.8 Å². The summed E-state index contributed by atoms with van der Waals surface area (Å²) in [5.74, 6) is 0.627. The highest BCUT2D eigenvalue weighted by Crippen LogP contribution is 2.25. The van der Waals surface area contributed by atoms with Crippen molar-refractivity contribution in [2.45, 2.75) is 32.1 Å². The molecule has 2 heterocycles. The van der Waals surface area contributed by atoms with Gasteiger partial charge >= 0.3 is 6.03 Å². The van der Waals surface area contributed by atoms with Crippen LogP contribution in [0.2, 0.25) is 0 Å². The van der Waals surface area contributed by atoms with Crippen LogP contribution >= 0.6 is 0 Å². The van der Waals surface area contributed by atoms with E-state index in [2.05, 4.69) is 20.8 Å². The Morgan fingerprint density at radius 3 is 3.12 bits per heavy atom. The molecule has 1 aliphatic rings. The van der Waals surface area contributed by atoms with Crippen LogP contribution in [0.1, 0.15) is 24.2 Å². The van der Waals surface area contributed by atoms with Crippen LogP contribution in [0.5, 0.6) is 5.75 Å². The van der Waals surface area contributed by atoms with Crippen LogP contribution in [0.15, 0.2) is 30.3 Å². The number of carbonyl (C=O) groups excluding carboxylic acids is 1. The molecule has 1 aromatic carbocycles. The van der Waals surface area contributed by atoms with E-state index >= 15 is 0 Å². The normalized spacial score (nSPS) is 16.4. The quantitative estimate of drug-likeness (QED) is 0.672. The molecular formula is C18H24N4O4. The first-order chi connectivity index (χ1) is 12.7. The summed E-state index contributed by atoms with van der Waals surface area (Å²) in [6.07, 6.45) is 2.19. The molecule has 0 saturated carbocycles. The minimum absolute atomic E-state index is 0.124. The highest BCUT2D eigenvalue weighted by molar-refractivity contribution is 5.90. The molecule has 3 N–H and O–H groups in total. The van der Waals surface area contributed by atoms with Crippen LogP contribution in [-0.2, 0) is 22.6 Å². The van der Waals surface area contributed by atoms with Crippen molar-refractivity contribution < 1.29 is 19.0 Å². The van der Waals surface area contributed by atoms with Crippen LogP contribution in [0, 0.1) is 0 Å². The fourth-order valence-corrected chi connectivity index (χ4v) is 2.72. The molecule has 0 bridgehead atoms. The van der Waals surface area contributed by atoms with Gasteiger partial charge in [0, 0.05) is 13.7 Å². The third kappa shape index (κ3) is 5.21. The lowest BCUT2D eigenvalue weighted by molar-refractivity contribution is 0.0682. The van der Waals surface area contributed by atoms with Crippen LogP contribution in [0.4, 0.5) is 10.5 Å². The van der Waals surface area contributed by atoms with E-state index in [9.17, 15) is 4.79 Å². The van der Waals surface area contributed by atoms with E-state index in [1.54, 1.807) is 13.2 Å². The van der Waals surface area contributed by atoms with Gasteiger partial charge in [-0.25, -0.2) is 4.79 Å². The summed E-state index contributed by atoms with van der Waals surface area (Å²) in [4.78, 5) is 12.2. The maximum atomic E-state index is 12.2. The molecule has 1 aromatic heterocycles. The number of methoxy groups -OCH3 is 1. The Morgan fingerprint density at radius 2 is 2.31 bits per heavy atom. The van der Waals surface area contributed by atoms with Crippen molar-refractivity contribution in [2.24, 2.45) is 0 Å². The summed E-state index contributed by atoms with van der Waals surface area (Å²) < 4.78 is 16.4. The maximum absolute atomic E-state index is 12.2. The summed E-state index contributed by atoms with van der Waals surface area (Å²) in [7, 11) is 1.61. The Hall–Kier alpha value is -2.58. The van der Waals surface area contributed by atoms with E-state index in [0.717, 1.165) is 30.8 Å². The number of carbonyl (C=O) groups is 1. The minimum atomic E-state index is -0.318. The van der Waals surface area contributed by atoms with Gasteiger partial charge in [0.2, 0.25) is 0 Å². The number of urea groups is 1. The number of amides is 2. The number of benzene rings is 1. The van der Waals surface area contributed by atoms with Crippen LogP contribution < -0.4 is 15.4 Å². The molecule has 8 nitrogen and oxygen atoms in total. The predicted octanol–water partition coefficient (Wildman–Crippen LogP) is 2.44. The van der Waals surface area contributed by atoms with Crippen LogP contribution in [0.3, 0.4) is 0 Å². The minimum Gasteiger partial charge on any atom is -0.489 e. The fourth-order valence-electron chi connectivity index (χ4n) is 2.72. The molecule has 0 radical (unpaired) electrons. The van der Waals surface area contributed by atoms with Crippen molar-refractivity contribution in [1.82, 2.24) is 15.5 Å². The van der Waals surface area contributed by atoms with Gasteiger partial charge in [-0.05, 0) is 31.0 Å². The van der Waals surface area contributed by atoms with E-state index in [1.165, 1.54) is 0 Å². The average molecular weight is 360 g/mol. The number of hydrogen-bond acceptors (Lipinski definition) is 5. The lowest BCUT2D eigenvalue weighted by Crippen LogP contribution is -2.28. The first-order valence-electron chi connectivity index (χ1n) is 8.65. The molecule has 0 unspecified atom stereocenters. The third-order valence-corrected chi connectivity index (χ3v) is 4.00. The predicted molar refractivity (Wildman–Crippen MR) is 96.1 cm³/mol. The second-order valence-electron chi connectivity index (χ2n) is 6.07. The first-order valence-corrected chi connectivity index (χ1v) is 8.65. The van der Waals surface area contributed by atoms with Crippen LogP contribution in [-0.4, -0.2) is 42.7 Å². The Balaban J connectivity index is 1.49. The number of aromatic nitrogens is 2. The number of para-hydroxylation sites is 2. The van der Waals surface area contributed by atoms with E-state index in [0.29, 0.717) is 31.2 Å². The zero-order valence-electron chi connectivity index (χ0n) is 14.8. The Kier molecular flexibility index (Phi) is 6.45. The molecule has 2 amide bonds. The second-order valence-corrected chi connectivity index (χ2v) is 6.07. The zero-order chi connectivity index (χ0) is 18.2. The summed E-state index contributed by atoms with van der Waals surface area (Å²) >= 11 is 0. The van der Waals surface area contributed by atoms with Crippen LogP contribution in [0.25, 0.3) is 0 Å². The highest BCUT2D eigenvalue weighted by Gasteiger charge is 2.17. The smallest absolute Gasteiger partial charge is 0.319 e. The number of nitrogens with one attached hydrogen (secondary N) is 3. The van der Waals surface area contributed by atoms with Gasteiger partial charge in [-0.3, -0.25) is 5.10 Å². The number of aromatic amines is 1. The van der Waals surface area contributed by atoms with Gasteiger partial charge in [0.25, 0.3) is 0 Å². The van der Waals surface area contributed by atoms with E-state index in [1.807, 2.05) is 24.3 Å². The third-order valence-electron chi connectivity index (χ3n) is 4.00. The van der Waals surface area contributed by atoms with Crippen molar-refractivity contribution in [3.63, 3.8) is 0 Å². The van der Waals surface area contributed by atoms with Gasteiger partial charge in [-0.2, -0.15) is 5.10 Å². The summed E-state index contributed by atoms with van der Waals surface area (Å²) in [6.45, 7) is 2.03. The molecule has 0 aliphatic carbocycles. The van der Waals surface area contributed by atoms with E-state index < -0.39 is 0 Å². The number of H-pyrrole nitrogens is 1. The molecule has 3 rings (SSSR count). The molecule has 1 aliphatic heterocycles. The van der Waals surface area contributed by atoms with Gasteiger partial charge in [0.1, 0.15) is 12.4 Å². The van der Waals surface area contributed by atoms with Crippen molar-refractivity contribution in [1.29, 1.82) is 0 Å². The molecule has 0 spiro atoms. The Morgan fingerprint density at radius 1 is 1.42 bits per heavy atom. The van der Waals surface area contributed by atoms with E-state index in [-0.39, 0.29) is 12.1 Å². The largest absolute Gasteiger partial charge is 0.489 e. The van der Waals surface area contributed by atoms with Crippen molar-refractivity contribution in [2.75, 3.05) is 25.6 Å². The number of ether oxygens (including phenoxy) is 3. The Bertz CT molecular complexity index is 713. The number of nitrogens with zero attached hydrogens (tertiary/aromatic N) is 1.